The molecular formula is C11H7N2O4-. The molecule has 0 atom stereocenters. The molecule has 0 saturated carbocycles. The van der Waals surface area contributed by atoms with Crippen molar-refractivity contribution in [2.75, 3.05) is 0 Å². The molecule has 0 aliphatic heterocycles. The van der Waals surface area contributed by atoms with Gasteiger partial charge in [0, 0.05) is 9.85 Å². The van der Waals surface area contributed by atoms with E-state index in [1.807, 2.05) is 0 Å². The van der Waals surface area contributed by atoms with E-state index >= 15 is 0 Å². The van der Waals surface area contributed by atoms with Crippen molar-refractivity contribution in [3.05, 3.63) is 85.6 Å². The second-order valence-corrected chi connectivity index (χ2v) is 3.39. The molecule has 0 heterocycles. The average Bonchev–Trinajstić information content (AvgIpc) is 2.81. The first kappa shape index (κ1) is 10.9. The summed E-state index contributed by atoms with van der Waals surface area (Å²) < 4.78 is 0. The van der Waals surface area contributed by atoms with Gasteiger partial charge in [-0.15, -0.1) is 6.08 Å². The summed E-state index contributed by atoms with van der Waals surface area (Å²) >= 11 is 0. The Morgan fingerprint density at radius 2 is 1.71 bits per heavy atom. The van der Waals surface area contributed by atoms with Crippen molar-refractivity contribution in [2.24, 2.45) is 0 Å². The maximum Gasteiger partial charge on any atom is 0.177 e. The number of allylic oxidation sites excluding steroid dienone is 6. The highest BCUT2D eigenvalue weighted by molar-refractivity contribution is 5.56. The highest BCUT2D eigenvalue weighted by Gasteiger charge is 2.20. The molecule has 6 heteroatoms. The van der Waals surface area contributed by atoms with E-state index in [1.165, 1.54) is 12.2 Å². The normalized spacial score (nSPS) is 17.6. The van der Waals surface area contributed by atoms with Crippen molar-refractivity contribution >= 4 is 0 Å². The average molecular weight is 231 g/mol. The van der Waals surface area contributed by atoms with E-state index in [-0.39, 0.29) is 11.7 Å². The minimum atomic E-state index is -0.651. The quantitative estimate of drug-likeness (QED) is 0.413. The molecule has 0 unspecified atom stereocenters. The molecule has 0 aromatic heterocycles. The number of hydrogen-bond acceptors (Lipinski definition) is 4. The SMILES string of the molecule is O=[N+]([O-])C1=C[C-]([N+](=O)[O-])C=CC1=C1C=CC=C1. The highest BCUT2D eigenvalue weighted by Crippen LogP contribution is 2.28. The van der Waals surface area contributed by atoms with Crippen LogP contribution in [0.4, 0.5) is 0 Å². The zero-order valence-corrected chi connectivity index (χ0v) is 8.57. The lowest BCUT2D eigenvalue weighted by Gasteiger charge is -2.16. The van der Waals surface area contributed by atoms with Crippen molar-refractivity contribution in [2.45, 2.75) is 0 Å². The smallest absolute Gasteiger partial charge is 0.177 e. The van der Waals surface area contributed by atoms with Gasteiger partial charge >= 0.3 is 0 Å². The van der Waals surface area contributed by atoms with E-state index in [9.17, 15) is 20.2 Å². The van der Waals surface area contributed by atoms with Gasteiger partial charge in [0.1, 0.15) is 0 Å². The topological polar surface area (TPSA) is 86.3 Å². The van der Waals surface area contributed by atoms with E-state index in [0.29, 0.717) is 11.1 Å². The third-order valence-corrected chi connectivity index (χ3v) is 2.36. The number of hydrogen-bond donors (Lipinski definition) is 0. The molecule has 86 valence electrons. The van der Waals surface area contributed by atoms with Gasteiger partial charge < -0.3 is 0 Å². The van der Waals surface area contributed by atoms with Gasteiger partial charge in [0.15, 0.2) is 11.7 Å². The Balaban J connectivity index is 2.47. The summed E-state index contributed by atoms with van der Waals surface area (Å²) in [5, 5.41) is 21.4. The van der Waals surface area contributed by atoms with Crippen LogP contribution in [0.3, 0.4) is 0 Å². The van der Waals surface area contributed by atoms with E-state index in [2.05, 4.69) is 0 Å². The third kappa shape index (κ3) is 2.00. The molecule has 17 heavy (non-hydrogen) atoms. The third-order valence-electron chi connectivity index (χ3n) is 2.36. The van der Waals surface area contributed by atoms with Gasteiger partial charge in [-0.2, -0.15) is 0 Å². The lowest BCUT2D eigenvalue weighted by atomic mass is 9.98. The van der Waals surface area contributed by atoms with Gasteiger partial charge in [0.05, 0.1) is 0 Å². The van der Waals surface area contributed by atoms with Gasteiger partial charge in [-0.05, 0) is 11.6 Å². The summed E-state index contributed by atoms with van der Waals surface area (Å²) in [6.07, 6.45) is 10.6. The van der Waals surface area contributed by atoms with Crippen LogP contribution in [-0.2, 0) is 0 Å². The summed E-state index contributed by atoms with van der Waals surface area (Å²) in [5.74, 6) is 0. The molecule has 0 aromatic rings. The molecule has 0 fully saturated rings. The fraction of sp³-hybridized carbons (Fsp3) is 0. The predicted molar refractivity (Wildman–Crippen MR) is 59.8 cm³/mol. The Morgan fingerprint density at radius 1 is 1.06 bits per heavy atom. The lowest BCUT2D eigenvalue weighted by Crippen LogP contribution is -2.13. The molecule has 0 aromatic carbocycles. The van der Waals surface area contributed by atoms with Gasteiger partial charge in [-0.3, -0.25) is 20.2 Å². The van der Waals surface area contributed by atoms with Crippen molar-refractivity contribution in [1.29, 1.82) is 0 Å². The zero-order chi connectivity index (χ0) is 12.4. The van der Waals surface area contributed by atoms with E-state index in [1.54, 1.807) is 24.3 Å². The molecular weight excluding hydrogens is 224 g/mol. The van der Waals surface area contributed by atoms with Crippen molar-refractivity contribution in [3.63, 3.8) is 0 Å². The molecule has 0 spiro atoms. The predicted octanol–water partition coefficient (Wildman–Crippen LogP) is 1.95. The molecule has 2 aliphatic carbocycles. The van der Waals surface area contributed by atoms with E-state index in [4.69, 9.17) is 0 Å². The van der Waals surface area contributed by atoms with Gasteiger partial charge in [-0.25, -0.2) is 0 Å². The molecule has 2 aliphatic rings. The Hall–Kier alpha value is -2.63. The van der Waals surface area contributed by atoms with Crippen LogP contribution in [-0.4, -0.2) is 9.85 Å². The van der Waals surface area contributed by atoms with Gasteiger partial charge in [0.2, 0.25) is 0 Å². The molecule has 0 radical (unpaired) electrons. The number of nitro groups is 2. The first-order valence-corrected chi connectivity index (χ1v) is 4.74. The second kappa shape index (κ2) is 4.09. The molecule has 0 amide bonds. The van der Waals surface area contributed by atoms with Gasteiger partial charge in [0.25, 0.3) is 0 Å². The van der Waals surface area contributed by atoms with Crippen molar-refractivity contribution < 1.29 is 9.85 Å². The largest absolute Gasteiger partial charge is 0.270 e. The number of nitrogens with zero attached hydrogens (tertiary/aromatic N) is 2. The Kier molecular flexibility index (Phi) is 2.61. The Labute approximate surface area is 96.2 Å². The first-order valence-electron chi connectivity index (χ1n) is 4.74. The molecule has 0 N–H and O–H groups in total. The summed E-state index contributed by atoms with van der Waals surface area (Å²) in [6.45, 7) is 0. The summed E-state index contributed by atoms with van der Waals surface area (Å²) in [7, 11) is 0. The monoisotopic (exact) mass is 231 g/mol. The Bertz CT molecular complexity index is 524. The van der Waals surface area contributed by atoms with Crippen LogP contribution < -0.4 is 0 Å². The first-order chi connectivity index (χ1) is 8.09. The zero-order valence-electron chi connectivity index (χ0n) is 8.57. The standard InChI is InChI=1S/C11H7N2O4/c14-12(15)9-5-6-10(8-3-1-2-4-8)11(7-9)13(16)17/h1-7H/q-1. The van der Waals surface area contributed by atoms with Crippen LogP contribution in [0.15, 0.2) is 59.4 Å². The lowest BCUT2D eigenvalue weighted by molar-refractivity contribution is -0.454. The van der Waals surface area contributed by atoms with E-state index in [0.717, 1.165) is 6.08 Å². The fourth-order valence-electron chi connectivity index (χ4n) is 1.58. The highest BCUT2D eigenvalue weighted by atomic mass is 16.6. The number of rotatable bonds is 2. The van der Waals surface area contributed by atoms with Crippen molar-refractivity contribution in [3.8, 4) is 0 Å². The second-order valence-electron chi connectivity index (χ2n) is 3.39. The van der Waals surface area contributed by atoms with Crippen LogP contribution in [0.2, 0.25) is 0 Å². The summed E-state index contributed by atoms with van der Waals surface area (Å²) in [4.78, 5) is 20.2. The Morgan fingerprint density at radius 3 is 2.24 bits per heavy atom. The minimum Gasteiger partial charge on any atom is -0.270 e. The molecule has 0 saturated heterocycles. The fourth-order valence-corrected chi connectivity index (χ4v) is 1.58. The van der Waals surface area contributed by atoms with Crippen LogP contribution in [0.1, 0.15) is 0 Å². The molecule has 6 nitrogen and oxygen atoms in total. The summed E-state index contributed by atoms with van der Waals surface area (Å²) in [6, 6.07) is -0.285. The van der Waals surface area contributed by atoms with Gasteiger partial charge in [-0.1, -0.05) is 36.0 Å². The molecule has 0 bridgehead atoms. The molecule has 2 rings (SSSR count). The van der Waals surface area contributed by atoms with E-state index < -0.39 is 9.85 Å². The van der Waals surface area contributed by atoms with Crippen molar-refractivity contribution in [1.82, 2.24) is 0 Å². The maximum absolute atomic E-state index is 10.9. The summed E-state index contributed by atoms with van der Waals surface area (Å²) in [5.41, 5.74) is 0.794. The van der Waals surface area contributed by atoms with Crippen LogP contribution in [0, 0.1) is 26.3 Å². The van der Waals surface area contributed by atoms with Crippen LogP contribution in [0.25, 0.3) is 0 Å². The van der Waals surface area contributed by atoms with Crippen LogP contribution in [0.5, 0.6) is 0 Å². The minimum absolute atomic E-state index is 0.259. The maximum atomic E-state index is 10.9. The van der Waals surface area contributed by atoms with Crippen LogP contribution >= 0.6 is 0 Å².